The summed E-state index contributed by atoms with van der Waals surface area (Å²) in [7, 11) is 1.36. The van der Waals surface area contributed by atoms with Gasteiger partial charge in [0.05, 0.1) is 7.11 Å². The Balaban J connectivity index is 1.78. The predicted octanol–water partition coefficient (Wildman–Crippen LogP) is 2.06. The van der Waals surface area contributed by atoms with Crippen molar-refractivity contribution < 1.29 is 28.6 Å². The average molecular weight is 347 g/mol. The first kappa shape index (κ1) is 18.3. The number of halogens is 1. The highest BCUT2D eigenvalue weighted by atomic mass is 19.1. The fourth-order valence-electron chi connectivity index (χ4n) is 2.11. The van der Waals surface area contributed by atoms with E-state index in [0.717, 1.165) is 5.56 Å². The van der Waals surface area contributed by atoms with Crippen molar-refractivity contribution in [3.63, 3.8) is 0 Å². The Bertz CT molecular complexity index is 746. The Hall–Kier alpha value is -3.09. The molecule has 1 amide bonds. The zero-order chi connectivity index (χ0) is 18.2. The second kappa shape index (κ2) is 8.68. The number of amides is 1. The van der Waals surface area contributed by atoms with Crippen LogP contribution in [-0.2, 0) is 16.0 Å². The summed E-state index contributed by atoms with van der Waals surface area (Å²) in [5, 5.41) is 12.5. The number of ether oxygens (including phenoxy) is 2. The van der Waals surface area contributed by atoms with Gasteiger partial charge in [-0.2, -0.15) is 0 Å². The summed E-state index contributed by atoms with van der Waals surface area (Å²) < 4.78 is 22.6. The van der Waals surface area contributed by atoms with Crippen molar-refractivity contribution in [3.8, 4) is 11.5 Å². The number of phenolic OH excluding ortho intramolecular Hbond substituents is 1. The zero-order valence-electron chi connectivity index (χ0n) is 13.6. The summed E-state index contributed by atoms with van der Waals surface area (Å²) in [6.07, 6.45) is 0.524. The summed E-state index contributed by atoms with van der Waals surface area (Å²) in [5.74, 6) is -1.83. The molecule has 2 aromatic carbocycles. The van der Waals surface area contributed by atoms with E-state index in [1.807, 2.05) is 0 Å². The summed E-state index contributed by atoms with van der Waals surface area (Å²) in [6, 6.07) is 10.3. The molecule has 25 heavy (non-hydrogen) atoms. The van der Waals surface area contributed by atoms with Crippen LogP contribution < -0.4 is 10.1 Å². The van der Waals surface area contributed by atoms with Crippen LogP contribution in [0.25, 0.3) is 0 Å². The standard InChI is InChI=1S/C18H18FNO5/c1-24-15-4-2-3-14(17(15)22)18(23)25-11-16(21)20-10-9-12-5-7-13(19)8-6-12/h2-8,22H,9-11H2,1H3,(H,20,21). The van der Waals surface area contributed by atoms with Crippen molar-refractivity contribution in [1.29, 1.82) is 0 Å². The van der Waals surface area contributed by atoms with Crippen LogP contribution in [0.4, 0.5) is 4.39 Å². The molecule has 7 heteroatoms. The quantitative estimate of drug-likeness (QED) is 0.749. The molecule has 0 heterocycles. The maximum atomic E-state index is 12.8. The SMILES string of the molecule is COc1cccc(C(=O)OCC(=O)NCCc2ccc(F)cc2)c1O. The maximum Gasteiger partial charge on any atom is 0.342 e. The minimum absolute atomic E-state index is 0.0848. The van der Waals surface area contributed by atoms with Crippen LogP contribution in [0.3, 0.4) is 0 Å². The summed E-state index contributed by atoms with van der Waals surface area (Å²) in [5.41, 5.74) is 0.790. The number of phenols is 1. The molecule has 6 nitrogen and oxygen atoms in total. The van der Waals surface area contributed by atoms with E-state index in [0.29, 0.717) is 13.0 Å². The lowest BCUT2D eigenvalue weighted by atomic mass is 10.1. The maximum absolute atomic E-state index is 12.8. The summed E-state index contributed by atoms with van der Waals surface area (Å²) >= 11 is 0. The van der Waals surface area contributed by atoms with E-state index in [-0.39, 0.29) is 22.9 Å². The normalized spacial score (nSPS) is 10.2. The van der Waals surface area contributed by atoms with E-state index in [2.05, 4.69) is 5.32 Å². The van der Waals surface area contributed by atoms with Gasteiger partial charge < -0.3 is 19.9 Å². The molecule has 2 N–H and O–H groups in total. The molecule has 0 aliphatic heterocycles. The first-order chi connectivity index (χ1) is 12.0. The largest absolute Gasteiger partial charge is 0.504 e. The van der Waals surface area contributed by atoms with Crippen LogP contribution in [-0.4, -0.2) is 37.2 Å². The third-order valence-corrected chi connectivity index (χ3v) is 3.42. The molecule has 0 fully saturated rings. The number of methoxy groups -OCH3 is 1. The van der Waals surface area contributed by atoms with Gasteiger partial charge in [0.25, 0.3) is 5.91 Å². The third-order valence-electron chi connectivity index (χ3n) is 3.42. The number of esters is 1. The number of aromatic hydroxyl groups is 1. The number of hydrogen-bond donors (Lipinski definition) is 2. The molecule has 0 unspecified atom stereocenters. The fraction of sp³-hybridized carbons (Fsp3) is 0.222. The molecule has 2 rings (SSSR count). The van der Waals surface area contributed by atoms with E-state index < -0.39 is 18.5 Å². The Morgan fingerprint density at radius 1 is 1.16 bits per heavy atom. The second-order valence-corrected chi connectivity index (χ2v) is 5.16. The molecular weight excluding hydrogens is 329 g/mol. The molecule has 0 saturated carbocycles. The van der Waals surface area contributed by atoms with Crippen LogP contribution >= 0.6 is 0 Å². The first-order valence-electron chi connectivity index (χ1n) is 7.55. The molecular formula is C18H18FNO5. The Kier molecular flexibility index (Phi) is 6.33. The average Bonchev–Trinajstić information content (AvgIpc) is 2.61. The van der Waals surface area contributed by atoms with Crippen molar-refractivity contribution in [2.75, 3.05) is 20.3 Å². The number of carbonyl (C=O) groups excluding carboxylic acids is 2. The van der Waals surface area contributed by atoms with E-state index in [1.165, 1.54) is 37.4 Å². The van der Waals surface area contributed by atoms with Crippen molar-refractivity contribution >= 4 is 11.9 Å². The third kappa shape index (κ3) is 5.20. The summed E-state index contributed by atoms with van der Waals surface area (Å²) in [4.78, 5) is 23.6. The lowest BCUT2D eigenvalue weighted by molar-refractivity contribution is -0.124. The molecule has 132 valence electrons. The van der Waals surface area contributed by atoms with E-state index in [9.17, 15) is 19.1 Å². The molecule has 0 aromatic heterocycles. The number of hydrogen-bond acceptors (Lipinski definition) is 5. The van der Waals surface area contributed by atoms with Gasteiger partial charge >= 0.3 is 5.97 Å². The van der Waals surface area contributed by atoms with Crippen molar-refractivity contribution in [3.05, 3.63) is 59.4 Å². The molecule has 2 aromatic rings. The monoisotopic (exact) mass is 347 g/mol. The van der Waals surface area contributed by atoms with Gasteiger partial charge in [-0.25, -0.2) is 9.18 Å². The van der Waals surface area contributed by atoms with Crippen molar-refractivity contribution in [2.24, 2.45) is 0 Å². The second-order valence-electron chi connectivity index (χ2n) is 5.16. The number of para-hydroxylation sites is 1. The predicted molar refractivity (Wildman–Crippen MR) is 88.1 cm³/mol. The van der Waals surface area contributed by atoms with Gasteiger partial charge in [-0.05, 0) is 36.2 Å². The molecule has 0 atom stereocenters. The number of carbonyl (C=O) groups is 2. The number of rotatable bonds is 7. The molecule has 0 bridgehead atoms. The van der Waals surface area contributed by atoms with Gasteiger partial charge in [-0.15, -0.1) is 0 Å². The first-order valence-corrected chi connectivity index (χ1v) is 7.55. The van der Waals surface area contributed by atoms with Crippen LogP contribution in [0.1, 0.15) is 15.9 Å². The smallest absolute Gasteiger partial charge is 0.342 e. The van der Waals surface area contributed by atoms with Crippen LogP contribution in [0.2, 0.25) is 0 Å². The van der Waals surface area contributed by atoms with Gasteiger partial charge in [-0.3, -0.25) is 4.79 Å². The van der Waals surface area contributed by atoms with E-state index >= 15 is 0 Å². The van der Waals surface area contributed by atoms with Crippen molar-refractivity contribution in [2.45, 2.75) is 6.42 Å². The lowest BCUT2D eigenvalue weighted by Crippen LogP contribution is -2.30. The van der Waals surface area contributed by atoms with Gasteiger partial charge in [0.15, 0.2) is 18.1 Å². The topological polar surface area (TPSA) is 84.9 Å². The van der Waals surface area contributed by atoms with Gasteiger partial charge in [0.1, 0.15) is 11.4 Å². The van der Waals surface area contributed by atoms with E-state index in [1.54, 1.807) is 12.1 Å². The minimum Gasteiger partial charge on any atom is -0.504 e. The molecule has 0 radical (unpaired) electrons. The number of nitrogens with one attached hydrogen (secondary N) is 1. The van der Waals surface area contributed by atoms with Gasteiger partial charge in [0, 0.05) is 6.54 Å². The lowest BCUT2D eigenvalue weighted by Gasteiger charge is -2.09. The van der Waals surface area contributed by atoms with Crippen LogP contribution in [0.15, 0.2) is 42.5 Å². The van der Waals surface area contributed by atoms with Gasteiger partial charge in [0.2, 0.25) is 0 Å². The zero-order valence-corrected chi connectivity index (χ0v) is 13.6. The van der Waals surface area contributed by atoms with Crippen molar-refractivity contribution in [1.82, 2.24) is 5.32 Å². The highest BCUT2D eigenvalue weighted by Crippen LogP contribution is 2.29. The van der Waals surface area contributed by atoms with E-state index in [4.69, 9.17) is 9.47 Å². The Labute approximate surface area is 144 Å². The summed E-state index contributed by atoms with van der Waals surface area (Å²) in [6.45, 7) is -0.147. The van der Waals surface area contributed by atoms with Crippen LogP contribution in [0, 0.1) is 5.82 Å². The Morgan fingerprint density at radius 3 is 2.56 bits per heavy atom. The van der Waals surface area contributed by atoms with Gasteiger partial charge in [-0.1, -0.05) is 18.2 Å². The molecule has 0 aliphatic rings. The molecule has 0 spiro atoms. The molecule has 0 saturated heterocycles. The fourth-order valence-corrected chi connectivity index (χ4v) is 2.11. The van der Waals surface area contributed by atoms with Crippen LogP contribution in [0.5, 0.6) is 11.5 Å². The highest BCUT2D eigenvalue weighted by Gasteiger charge is 2.17. The Morgan fingerprint density at radius 2 is 1.88 bits per heavy atom. The molecule has 0 aliphatic carbocycles. The minimum atomic E-state index is -0.829. The highest BCUT2D eigenvalue weighted by molar-refractivity contribution is 5.94. The number of benzene rings is 2.